The van der Waals surface area contributed by atoms with Gasteiger partial charge in [-0.15, -0.1) is 0 Å². The molecule has 13 nitrogen and oxygen atoms in total. The van der Waals surface area contributed by atoms with Crippen LogP contribution in [0.15, 0.2) is 91.3 Å². The quantitative estimate of drug-likeness (QED) is 0.0755. The maximum Gasteiger partial charge on any atom is 0.407 e. The van der Waals surface area contributed by atoms with Crippen molar-refractivity contribution in [3.63, 3.8) is 0 Å². The van der Waals surface area contributed by atoms with Gasteiger partial charge < -0.3 is 35.1 Å². The van der Waals surface area contributed by atoms with Gasteiger partial charge in [0.2, 0.25) is 17.7 Å². The zero-order valence-corrected chi connectivity index (χ0v) is 33.1. The molecular weight excluding hydrogens is 721 g/mol. The number of hydrogen-bond acceptors (Lipinski definition) is 7. The Hall–Kier alpha value is -6.24. The molecule has 5 aromatic rings. The van der Waals surface area contributed by atoms with E-state index in [9.17, 15) is 19.2 Å². The van der Waals surface area contributed by atoms with Crippen molar-refractivity contribution in [2.75, 3.05) is 26.7 Å². The Labute approximate surface area is 333 Å². The van der Waals surface area contributed by atoms with Gasteiger partial charge in [-0.05, 0) is 53.0 Å². The van der Waals surface area contributed by atoms with Gasteiger partial charge in [-0.3, -0.25) is 14.4 Å². The topological polar surface area (TPSA) is 165 Å². The van der Waals surface area contributed by atoms with Gasteiger partial charge in [0, 0.05) is 19.0 Å². The van der Waals surface area contributed by atoms with Crippen LogP contribution in [0.4, 0.5) is 4.79 Å². The minimum Gasteiger partial charge on any atom is -0.453 e. The normalized spacial score (nSPS) is 13.3. The van der Waals surface area contributed by atoms with Gasteiger partial charge in [-0.1, -0.05) is 106 Å². The Kier molecular flexibility index (Phi) is 13.5. The average molecular weight is 773 g/mol. The molecule has 6 rings (SSSR count). The summed E-state index contributed by atoms with van der Waals surface area (Å²) in [6.07, 6.45) is 6.30. The van der Waals surface area contributed by atoms with Crippen molar-refractivity contribution in [1.82, 2.24) is 40.4 Å². The van der Waals surface area contributed by atoms with E-state index in [-0.39, 0.29) is 42.6 Å². The number of ether oxygens (including phenoxy) is 1. The first-order valence-electron chi connectivity index (χ1n) is 19.7. The molecule has 3 aromatic carbocycles. The van der Waals surface area contributed by atoms with Gasteiger partial charge in [0.05, 0.1) is 44.0 Å². The van der Waals surface area contributed by atoms with Gasteiger partial charge in [-0.2, -0.15) is 0 Å². The van der Waals surface area contributed by atoms with Crippen molar-refractivity contribution >= 4 is 23.8 Å². The largest absolute Gasteiger partial charge is 0.453 e. The van der Waals surface area contributed by atoms with Crippen LogP contribution in [-0.4, -0.2) is 80.3 Å². The number of carbonyl (C=O) groups excluding carboxylic acids is 4. The highest BCUT2D eigenvalue weighted by Crippen LogP contribution is 2.31. The van der Waals surface area contributed by atoms with E-state index in [0.717, 1.165) is 64.9 Å². The zero-order chi connectivity index (χ0) is 40.3. The van der Waals surface area contributed by atoms with Crippen molar-refractivity contribution < 1.29 is 23.9 Å². The third-order valence-electron chi connectivity index (χ3n) is 10.2. The standard InChI is InChI=1S/C44H52N8O5/c1-5-22-51(40(53)25-47-44(56)57-4)27-38-45-23-36(48-38)32-16-12-30(13-17-32)31-14-18-33(19-15-31)37-24-46-39(49-37)28-52(26-29(3)6-2)43(55)41(34-10-8-7-9-11-34)50-42(54)35-20-21-35/h7-19,23-24,29,35,41H,5-6,20-22,25-28H2,1-4H3,(H,45,48)(H,46,49)(H,47,56)(H,50,54)/t29-,41+/m0/s1. The molecule has 2 atom stereocenters. The van der Waals surface area contributed by atoms with Gasteiger partial charge in [-0.25, -0.2) is 14.8 Å². The Morgan fingerprint density at radius 2 is 1.33 bits per heavy atom. The van der Waals surface area contributed by atoms with Crippen LogP contribution in [0.1, 0.15) is 69.7 Å². The van der Waals surface area contributed by atoms with Gasteiger partial charge in [0.15, 0.2) is 0 Å². The summed E-state index contributed by atoms with van der Waals surface area (Å²) in [5, 5.41) is 5.49. The third kappa shape index (κ3) is 10.7. The molecule has 2 aromatic heterocycles. The lowest BCUT2D eigenvalue weighted by molar-refractivity contribution is -0.138. The van der Waals surface area contributed by atoms with E-state index < -0.39 is 12.1 Å². The molecule has 0 aliphatic heterocycles. The molecule has 298 valence electrons. The SMILES string of the molecule is CCCN(Cc1ncc(-c2ccc(-c3ccc(-c4cnc(CN(C[C@@H](C)CC)C(=O)[C@H](NC(=O)C5CC5)c5ccccc5)[nH]4)cc3)cc2)[nH]1)C(=O)CNC(=O)OC. The predicted molar refractivity (Wildman–Crippen MR) is 218 cm³/mol. The lowest BCUT2D eigenvalue weighted by Crippen LogP contribution is -2.44. The summed E-state index contributed by atoms with van der Waals surface area (Å²) < 4.78 is 4.57. The van der Waals surface area contributed by atoms with Crippen molar-refractivity contribution in [1.29, 1.82) is 0 Å². The van der Waals surface area contributed by atoms with Crippen LogP contribution in [0, 0.1) is 11.8 Å². The first-order valence-corrected chi connectivity index (χ1v) is 19.7. The third-order valence-corrected chi connectivity index (χ3v) is 10.2. The smallest absolute Gasteiger partial charge is 0.407 e. The van der Waals surface area contributed by atoms with Gasteiger partial charge in [0.1, 0.15) is 24.2 Å². The molecule has 1 fully saturated rings. The lowest BCUT2D eigenvalue weighted by Gasteiger charge is -2.29. The molecule has 4 amide bonds. The highest BCUT2D eigenvalue weighted by atomic mass is 16.5. The minimum atomic E-state index is -0.765. The molecular formula is C44H52N8O5. The zero-order valence-electron chi connectivity index (χ0n) is 33.1. The second-order valence-electron chi connectivity index (χ2n) is 14.7. The molecule has 0 unspecified atom stereocenters. The van der Waals surface area contributed by atoms with Crippen LogP contribution in [0.3, 0.4) is 0 Å². The summed E-state index contributed by atoms with van der Waals surface area (Å²) >= 11 is 0. The van der Waals surface area contributed by atoms with E-state index in [0.29, 0.717) is 31.3 Å². The second kappa shape index (κ2) is 19.1. The molecule has 2 heterocycles. The average Bonchev–Trinajstić information content (AvgIpc) is 3.82. The van der Waals surface area contributed by atoms with Crippen molar-refractivity contribution in [2.45, 2.75) is 65.6 Å². The number of nitrogens with zero attached hydrogens (tertiary/aromatic N) is 4. The molecule has 0 radical (unpaired) electrons. The van der Waals surface area contributed by atoms with E-state index in [4.69, 9.17) is 0 Å². The summed E-state index contributed by atoms with van der Waals surface area (Å²) in [5.74, 6) is 1.14. The number of aromatic nitrogens is 4. The van der Waals surface area contributed by atoms with Crippen LogP contribution < -0.4 is 10.6 Å². The fraction of sp³-hybridized carbons (Fsp3) is 0.364. The van der Waals surface area contributed by atoms with Gasteiger partial charge in [0.25, 0.3) is 0 Å². The molecule has 1 aliphatic rings. The molecule has 57 heavy (non-hydrogen) atoms. The number of H-pyrrole nitrogens is 2. The number of methoxy groups -OCH3 is 1. The van der Waals surface area contributed by atoms with Crippen molar-refractivity contribution in [2.24, 2.45) is 11.8 Å². The highest BCUT2D eigenvalue weighted by molar-refractivity contribution is 5.90. The molecule has 0 saturated heterocycles. The van der Waals surface area contributed by atoms with Gasteiger partial charge >= 0.3 is 6.09 Å². The number of benzene rings is 3. The van der Waals surface area contributed by atoms with E-state index in [2.05, 4.69) is 73.4 Å². The first kappa shape index (κ1) is 40.4. The number of aromatic amines is 2. The monoisotopic (exact) mass is 772 g/mol. The summed E-state index contributed by atoms with van der Waals surface area (Å²) in [6, 6.07) is 25.1. The van der Waals surface area contributed by atoms with E-state index in [1.165, 1.54) is 7.11 Å². The summed E-state index contributed by atoms with van der Waals surface area (Å²) in [5.41, 5.74) is 6.48. The summed E-state index contributed by atoms with van der Waals surface area (Å²) in [7, 11) is 1.26. The van der Waals surface area contributed by atoms with E-state index in [1.807, 2.05) is 66.4 Å². The molecule has 1 saturated carbocycles. The highest BCUT2D eigenvalue weighted by Gasteiger charge is 2.35. The van der Waals surface area contributed by atoms with Crippen LogP contribution in [0.2, 0.25) is 0 Å². The first-order chi connectivity index (χ1) is 27.6. The molecule has 1 aliphatic carbocycles. The molecule has 13 heteroatoms. The Balaban J connectivity index is 1.10. The lowest BCUT2D eigenvalue weighted by atomic mass is 10.0. The molecule has 0 spiro atoms. The van der Waals surface area contributed by atoms with E-state index >= 15 is 0 Å². The van der Waals surface area contributed by atoms with E-state index in [1.54, 1.807) is 17.3 Å². The number of imidazole rings is 2. The Morgan fingerprint density at radius 1 is 0.789 bits per heavy atom. The van der Waals surface area contributed by atoms with Crippen molar-refractivity contribution in [3.8, 4) is 33.6 Å². The summed E-state index contributed by atoms with van der Waals surface area (Å²) in [4.78, 5) is 70.6. The number of hydrogen-bond donors (Lipinski definition) is 4. The van der Waals surface area contributed by atoms with Crippen LogP contribution in [-0.2, 0) is 32.2 Å². The molecule has 4 N–H and O–H groups in total. The number of nitrogens with one attached hydrogen (secondary N) is 4. The van der Waals surface area contributed by atoms with Crippen molar-refractivity contribution in [3.05, 3.63) is 108 Å². The van der Waals surface area contributed by atoms with Crippen LogP contribution in [0.25, 0.3) is 33.6 Å². The summed E-state index contributed by atoms with van der Waals surface area (Å²) in [6.45, 7) is 7.73. The maximum absolute atomic E-state index is 14.2. The number of rotatable bonds is 18. The minimum absolute atomic E-state index is 0.0138. The molecule has 0 bridgehead atoms. The van der Waals surface area contributed by atoms with Crippen LogP contribution >= 0.6 is 0 Å². The number of alkyl carbamates (subject to hydrolysis) is 1. The maximum atomic E-state index is 14.2. The Bertz CT molecular complexity index is 2110. The fourth-order valence-corrected chi connectivity index (χ4v) is 6.58. The van der Waals surface area contributed by atoms with Crippen LogP contribution in [0.5, 0.6) is 0 Å². The number of carbonyl (C=O) groups is 4. The second-order valence-corrected chi connectivity index (χ2v) is 14.7. The Morgan fingerprint density at radius 3 is 1.84 bits per heavy atom. The fourth-order valence-electron chi connectivity index (χ4n) is 6.58. The predicted octanol–water partition coefficient (Wildman–Crippen LogP) is 6.87. The number of amides is 4.